The Morgan fingerprint density at radius 1 is 1.47 bits per heavy atom. The molecular formula is C13H19N3OS2. The Balaban J connectivity index is 1.90. The number of aryl methyl sites for hydroxylation is 1. The molecule has 1 saturated heterocycles. The number of nitrogen functional groups attached to an aromatic ring is 1. The summed E-state index contributed by atoms with van der Waals surface area (Å²) in [5.41, 5.74) is 5.11. The average Bonchev–Trinajstić information content (AvgIpc) is 2.45. The number of benzene rings is 1. The second kappa shape index (κ2) is 7.07. The van der Waals surface area contributed by atoms with Gasteiger partial charge in [0.2, 0.25) is 0 Å². The van der Waals surface area contributed by atoms with E-state index in [-0.39, 0.29) is 5.91 Å². The van der Waals surface area contributed by atoms with Crippen molar-refractivity contribution in [3.05, 3.63) is 29.3 Å². The molecule has 1 aliphatic heterocycles. The van der Waals surface area contributed by atoms with Gasteiger partial charge < -0.3 is 10.7 Å². The maximum Gasteiger partial charge on any atom is 0.251 e. The predicted molar refractivity (Wildman–Crippen MR) is 84.9 cm³/mol. The minimum Gasteiger partial charge on any atom is -0.351 e. The lowest BCUT2D eigenvalue weighted by atomic mass is 10.1. The Morgan fingerprint density at radius 3 is 2.95 bits per heavy atom. The fourth-order valence-corrected chi connectivity index (χ4v) is 4.54. The first-order valence-electron chi connectivity index (χ1n) is 6.25. The molecule has 4 nitrogen and oxygen atoms in total. The number of hydrazine groups is 1. The number of carbonyl (C=O) groups is 1. The van der Waals surface area contributed by atoms with E-state index in [4.69, 9.17) is 5.84 Å². The van der Waals surface area contributed by atoms with Crippen LogP contribution in [-0.4, -0.2) is 35.0 Å². The summed E-state index contributed by atoms with van der Waals surface area (Å²) in [4.78, 5) is 12.1. The van der Waals surface area contributed by atoms with Gasteiger partial charge >= 0.3 is 0 Å². The standard InChI is InChI=1S/C13H19N3OS2/c1-9-6-10(2-3-12(9)16-14)13(17)15-7-11-8-18-4-5-19-11/h2-3,6,11,16H,4-5,7-8,14H2,1H3,(H,15,17). The number of nitrogens with two attached hydrogens (primary N) is 1. The number of thioether (sulfide) groups is 2. The largest absolute Gasteiger partial charge is 0.351 e. The third-order valence-corrected chi connectivity index (χ3v) is 5.86. The van der Waals surface area contributed by atoms with Gasteiger partial charge in [-0.1, -0.05) is 0 Å². The van der Waals surface area contributed by atoms with E-state index in [1.54, 1.807) is 6.07 Å². The van der Waals surface area contributed by atoms with Crippen LogP contribution in [0.5, 0.6) is 0 Å². The first kappa shape index (κ1) is 14.6. The molecule has 1 amide bonds. The van der Waals surface area contributed by atoms with Crippen molar-refractivity contribution in [1.82, 2.24) is 5.32 Å². The van der Waals surface area contributed by atoms with E-state index in [9.17, 15) is 4.79 Å². The smallest absolute Gasteiger partial charge is 0.251 e. The number of nitrogens with one attached hydrogen (secondary N) is 2. The number of rotatable bonds is 4. The summed E-state index contributed by atoms with van der Waals surface area (Å²) in [5.74, 6) is 8.90. The number of amides is 1. The zero-order valence-electron chi connectivity index (χ0n) is 10.9. The molecule has 0 aromatic heterocycles. The third kappa shape index (κ3) is 4.06. The van der Waals surface area contributed by atoms with Crippen LogP contribution in [0, 0.1) is 6.92 Å². The summed E-state index contributed by atoms with van der Waals surface area (Å²) in [6, 6.07) is 5.48. The highest BCUT2D eigenvalue weighted by Crippen LogP contribution is 2.23. The molecular weight excluding hydrogens is 278 g/mol. The molecule has 0 spiro atoms. The summed E-state index contributed by atoms with van der Waals surface area (Å²) in [5, 5.41) is 3.54. The molecule has 0 bridgehead atoms. The SMILES string of the molecule is Cc1cc(C(=O)NCC2CSCCS2)ccc1NN. The summed E-state index contributed by atoms with van der Waals surface area (Å²) < 4.78 is 0. The molecule has 1 aliphatic rings. The number of carbonyl (C=O) groups excluding carboxylic acids is 1. The van der Waals surface area contributed by atoms with Crippen molar-refractivity contribution in [3.8, 4) is 0 Å². The lowest BCUT2D eigenvalue weighted by Gasteiger charge is -2.21. The van der Waals surface area contributed by atoms with Gasteiger partial charge in [0.05, 0.1) is 5.69 Å². The van der Waals surface area contributed by atoms with Crippen LogP contribution >= 0.6 is 23.5 Å². The fraction of sp³-hybridized carbons (Fsp3) is 0.462. The molecule has 0 saturated carbocycles. The Bertz CT molecular complexity index is 448. The van der Waals surface area contributed by atoms with Crippen LogP contribution in [0.15, 0.2) is 18.2 Å². The van der Waals surface area contributed by atoms with Crippen molar-refractivity contribution < 1.29 is 4.79 Å². The van der Waals surface area contributed by atoms with Gasteiger partial charge in [0.25, 0.3) is 5.91 Å². The van der Waals surface area contributed by atoms with Crippen LogP contribution in [0.1, 0.15) is 15.9 Å². The molecule has 2 rings (SSSR count). The first-order valence-corrected chi connectivity index (χ1v) is 8.46. The number of hydrogen-bond acceptors (Lipinski definition) is 5. The van der Waals surface area contributed by atoms with Crippen molar-refractivity contribution in [2.75, 3.05) is 29.2 Å². The molecule has 1 aromatic carbocycles. The molecule has 1 unspecified atom stereocenters. The lowest BCUT2D eigenvalue weighted by Crippen LogP contribution is -2.33. The maximum atomic E-state index is 12.1. The Hall–Kier alpha value is -0.850. The van der Waals surface area contributed by atoms with Gasteiger partial charge in [-0.15, -0.1) is 0 Å². The lowest BCUT2D eigenvalue weighted by molar-refractivity contribution is 0.0954. The van der Waals surface area contributed by atoms with Gasteiger partial charge in [-0.05, 0) is 30.7 Å². The zero-order chi connectivity index (χ0) is 13.7. The van der Waals surface area contributed by atoms with E-state index in [0.717, 1.165) is 23.5 Å². The zero-order valence-corrected chi connectivity index (χ0v) is 12.6. The van der Waals surface area contributed by atoms with E-state index < -0.39 is 0 Å². The Labute approximate surface area is 122 Å². The third-order valence-electron chi connectivity index (χ3n) is 3.02. The minimum atomic E-state index is -0.0113. The minimum absolute atomic E-state index is 0.0113. The summed E-state index contributed by atoms with van der Waals surface area (Å²) in [6.45, 7) is 2.67. The topological polar surface area (TPSA) is 67.2 Å². The fourth-order valence-electron chi connectivity index (χ4n) is 1.93. The summed E-state index contributed by atoms with van der Waals surface area (Å²) in [7, 11) is 0. The number of hydrogen-bond donors (Lipinski definition) is 3. The average molecular weight is 297 g/mol. The van der Waals surface area contributed by atoms with Crippen molar-refractivity contribution in [2.45, 2.75) is 12.2 Å². The molecule has 1 atom stereocenters. The predicted octanol–water partition coefficient (Wildman–Crippen LogP) is 1.86. The van der Waals surface area contributed by atoms with E-state index >= 15 is 0 Å². The molecule has 0 aliphatic carbocycles. The molecule has 1 aromatic rings. The highest BCUT2D eigenvalue weighted by atomic mass is 32.2. The van der Waals surface area contributed by atoms with Gasteiger partial charge in [0.15, 0.2) is 0 Å². The van der Waals surface area contributed by atoms with Crippen molar-refractivity contribution >= 4 is 35.1 Å². The second-order valence-corrected chi connectivity index (χ2v) is 7.01. The summed E-state index contributed by atoms with van der Waals surface area (Å²) >= 11 is 3.91. The highest BCUT2D eigenvalue weighted by molar-refractivity contribution is 8.06. The van der Waals surface area contributed by atoms with Crippen LogP contribution < -0.4 is 16.6 Å². The quantitative estimate of drug-likeness (QED) is 0.585. The van der Waals surface area contributed by atoms with E-state index in [0.29, 0.717) is 10.8 Å². The van der Waals surface area contributed by atoms with Gasteiger partial charge in [-0.2, -0.15) is 23.5 Å². The molecule has 6 heteroatoms. The van der Waals surface area contributed by atoms with E-state index in [1.165, 1.54) is 11.5 Å². The van der Waals surface area contributed by atoms with Crippen LogP contribution in [0.3, 0.4) is 0 Å². The molecule has 1 heterocycles. The Kier molecular flexibility index (Phi) is 5.42. The van der Waals surface area contributed by atoms with Gasteiger partial charge in [0, 0.05) is 34.6 Å². The Morgan fingerprint density at radius 2 is 2.32 bits per heavy atom. The van der Waals surface area contributed by atoms with Crippen molar-refractivity contribution in [1.29, 1.82) is 0 Å². The van der Waals surface area contributed by atoms with E-state index in [2.05, 4.69) is 10.7 Å². The molecule has 4 N–H and O–H groups in total. The van der Waals surface area contributed by atoms with E-state index in [1.807, 2.05) is 42.6 Å². The van der Waals surface area contributed by atoms with Crippen LogP contribution in [0.25, 0.3) is 0 Å². The molecule has 104 valence electrons. The normalized spacial score (nSPS) is 18.9. The molecule has 0 radical (unpaired) electrons. The van der Waals surface area contributed by atoms with Crippen molar-refractivity contribution in [3.63, 3.8) is 0 Å². The maximum absolute atomic E-state index is 12.1. The van der Waals surface area contributed by atoms with Crippen LogP contribution in [-0.2, 0) is 0 Å². The van der Waals surface area contributed by atoms with Crippen molar-refractivity contribution in [2.24, 2.45) is 5.84 Å². The summed E-state index contributed by atoms with van der Waals surface area (Å²) in [6.07, 6.45) is 0. The van der Waals surface area contributed by atoms with Gasteiger partial charge in [-0.3, -0.25) is 10.6 Å². The van der Waals surface area contributed by atoms with Gasteiger partial charge in [-0.25, -0.2) is 0 Å². The second-order valence-electron chi connectivity index (χ2n) is 4.45. The first-order chi connectivity index (χ1) is 9.20. The van der Waals surface area contributed by atoms with Gasteiger partial charge in [0.1, 0.15) is 0 Å². The highest BCUT2D eigenvalue weighted by Gasteiger charge is 2.15. The van der Waals surface area contributed by atoms with Crippen LogP contribution in [0.2, 0.25) is 0 Å². The monoisotopic (exact) mass is 297 g/mol. The molecule has 1 fully saturated rings. The molecule has 19 heavy (non-hydrogen) atoms. The van der Waals surface area contributed by atoms with Crippen LogP contribution in [0.4, 0.5) is 5.69 Å². The number of anilines is 1.